The Labute approximate surface area is 181 Å². The van der Waals surface area contributed by atoms with Crippen molar-refractivity contribution in [3.8, 4) is 5.75 Å². The zero-order chi connectivity index (χ0) is 22.2. The average Bonchev–Trinajstić information content (AvgIpc) is 3.40. The predicted molar refractivity (Wildman–Crippen MR) is 115 cm³/mol. The molecule has 1 aromatic carbocycles. The molecule has 1 aliphatic rings. The number of nitrogens with one attached hydrogen (secondary N) is 2. The fraction of sp³-hybridized carbons (Fsp3) is 0.571. The van der Waals surface area contributed by atoms with Gasteiger partial charge in [0.05, 0.1) is 5.69 Å². The summed E-state index contributed by atoms with van der Waals surface area (Å²) < 4.78 is 35.3. The number of hydrogen-bond acceptors (Lipinski definition) is 6. The topological polar surface area (TPSA) is 87.8 Å². The Morgan fingerprint density at radius 3 is 2.87 bits per heavy atom. The van der Waals surface area contributed by atoms with Crippen molar-refractivity contribution in [1.82, 2.24) is 20.8 Å². The molecule has 0 saturated carbocycles. The summed E-state index contributed by atoms with van der Waals surface area (Å²) in [4.78, 5) is 10.7. The van der Waals surface area contributed by atoms with Gasteiger partial charge in [-0.05, 0) is 25.0 Å². The first-order chi connectivity index (χ1) is 15.0. The molecular weight excluding hydrogens is 406 g/mol. The second-order valence-corrected chi connectivity index (χ2v) is 7.73. The third-order valence-corrected chi connectivity index (χ3v) is 5.03. The molecule has 1 atom stereocenters. The molecule has 1 saturated heterocycles. The molecule has 1 fully saturated rings. The molecule has 1 aromatic heterocycles. The predicted octanol–water partition coefficient (Wildman–Crippen LogP) is 3.17. The van der Waals surface area contributed by atoms with Crippen molar-refractivity contribution >= 4 is 11.6 Å². The highest BCUT2D eigenvalue weighted by Crippen LogP contribution is 2.31. The number of aliphatic imine (C=N–C) groups is 1. The third-order valence-electron chi connectivity index (χ3n) is 5.03. The number of halogens is 2. The van der Waals surface area contributed by atoms with E-state index in [-0.39, 0.29) is 17.7 Å². The van der Waals surface area contributed by atoms with Crippen LogP contribution in [0.5, 0.6) is 5.75 Å². The van der Waals surface area contributed by atoms with Crippen LogP contribution in [0.2, 0.25) is 0 Å². The summed E-state index contributed by atoms with van der Waals surface area (Å²) in [5, 5.41) is 10.7. The number of ether oxygens (including phenoxy) is 1. The molecule has 1 aliphatic heterocycles. The van der Waals surface area contributed by atoms with Crippen LogP contribution in [0.3, 0.4) is 0 Å². The summed E-state index contributed by atoms with van der Waals surface area (Å²) >= 11 is 0. The van der Waals surface area contributed by atoms with Gasteiger partial charge in [-0.25, -0.2) is 0 Å². The molecule has 1 unspecified atom stereocenters. The Hall–Kier alpha value is -2.91. The maximum absolute atomic E-state index is 12.7. The molecular formula is C21H30F2N6O2. The molecule has 170 valence electrons. The lowest BCUT2D eigenvalue weighted by Crippen LogP contribution is -2.45. The zero-order valence-electron chi connectivity index (χ0n) is 18.1. The van der Waals surface area contributed by atoms with Crippen molar-refractivity contribution in [3.05, 3.63) is 36.0 Å². The van der Waals surface area contributed by atoms with E-state index >= 15 is 0 Å². The number of nitrogens with zero attached hydrogens (tertiary/aromatic N) is 4. The minimum Gasteiger partial charge on any atom is -0.433 e. The lowest BCUT2D eigenvalue weighted by molar-refractivity contribution is -0.0495. The van der Waals surface area contributed by atoms with Gasteiger partial charge < -0.3 is 24.8 Å². The molecule has 0 amide bonds. The minimum atomic E-state index is -2.84. The number of rotatable bonds is 9. The van der Waals surface area contributed by atoms with E-state index in [1.54, 1.807) is 25.2 Å². The van der Waals surface area contributed by atoms with E-state index in [2.05, 4.69) is 30.5 Å². The van der Waals surface area contributed by atoms with Crippen LogP contribution in [-0.4, -0.2) is 55.4 Å². The van der Waals surface area contributed by atoms with Gasteiger partial charge in [-0.2, -0.15) is 13.8 Å². The van der Waals surface area contributed by atoms with Crippen LogP contribution in [0.25, 0.3) is 0 Å². The first-order valence-corrected chi connectivity index (χ1v) is 10.5. The van der Waals surface area contributed by atoms with Crippen LogP contribution < -0.4 is 20.3 Å². The Balaban J connectivity index is 1.44. The Bertz CT molecular complexity index is 858. The van der Waals surface area contributed by atoms with E-state index in [4.69, 9.17) is 4.52 Å². The molecule has 2 N–H and O–H groups in total. The zero-order valence-corrected chi connectivity index (χ0v) is 18.1. The highest BCUT2D eigenvalue weighted by atomic mass is 19.3. The number of benzene rings is 1. The van der Waals surface area contributed by atoms with Gasteiger partial charge in [0.15, 0.2) is 11.8 Å². The summed E-state index contributed by atoms with van der Waals surface area (Å²) in [6.45, 7) is 3.34. The van der Waals surface area contributed by atoms with Crippen LogP contribution in [0.1, 0.15) is 44.3 Å². The molecule has 0 radical (unpaired) electrons. The van der Waals surface area contributed by atoms with Crippen LogP contribution >= 0.6 is 0 Å². The SMILES string of the molecule is CN=C(NCCCc1nc(C(C)C)no1)NC1CCN(c2ccccc2OC(F)F)C1. The summed E-state index contributed by atoms with van der Waals surface area (Å²) in [6.07, 6.45) is 2.39. The molecule has 0 aliphatic carbocycles. The second kappa shape index (κ2) is 10.9. The second-order valence-electron chi connectivity index (χ2n) is 7.73. The van der Waals surface area contributed by atoms with Crippen molar-refractivity contribution in [2.45, 2.75) is 51.7 Å². The van der Waals surface area contributed by atoms with E-state index in [0.717, 1.165) is 25.2 Å². The number of para-hydroxylation sites is 2. The third kappa shape index (κ3) is 6.53. The van der Waals surface area contributed by atoms with E-state index in [1.807, 2.05) is 24.8 Å². The first-order valence-electron chi connectivity index (χ1n) is 10.5. The molecule has 0 spiro atoms. The number of hydrogen-bond donors (Lipinski definition) is 2. The van der Waals surface area contributed by atoms with E-state index in [1.165, 1.54) is 0 Å². The first kappa shape index (κ1) is 22.8. The number of aromatic nitrogens is 2. The fourth-order valence-corrected chi connectivity index (χ4v) is 3.45. The monoisotopic (exact) mass is 436 g/mol. The fourth-order valence-electron chi connectivity index (χ4n) is 3.45. The number of aryl methyl sites for hydroxylation is 1. The van der Waals surface area contributed by atoms with Gasteiger partial charge in [0, 0.05) is 45.1 Å². The van der Waals surface area contributed by atoms with Crippen molar-refractivity contribution in [1.29, 1.82) is 0 Å². The normalized spacial score (nSPS) is 16.9. The largest absolute Gasteiger partial charge is 0.433 e. The van der Waals surface area contributed by atoms with Gasteiger partial charge >= 0.3 is 6.61 Å². The smallest absolute Gasteiger partial charge is 0.387 e. The van der Waals surface area contributed by atoms with Gasteiger partial charge in [0.25, 0.3) is 0 Å². The van der Waals surface area contributed by atoms with E-state index in [0.29, 0.717) is 37.0 Å². The summed E-state index contributed by atoms with van der Waals surface area (Å²) in [7, 11) is 1.72. The summed E-state index contributed by atoms with van der Waals surface area (Å²) in [5.74, 6) is 2.52. The molecule has 31 heavy (non-hydrogen) atoms. The summed E-state index contributed by atoms with van der Waals surface area (Å²) in [6, 6.07) is 7.03. The van der Waals surface area contributed by atoms with Gasteiger partial charge in [-0.1, -0.05) is 31.1 Å². The summed E-state index contributed by atoms with van der Waals surface area (Å²) in [5.41, 5.74) is 0.676. The lowest BCUT2D eigenvalue weighted by Gasteiger charge is -2.22. The Kier molecular flexibility index (Phi) is 8.02. The Morgan fingerprint density at radius 1 is 1.35 bits per heavy atom. The van der Waals surface area contributed by atoms with Crippen LogP contribution in [0.4, 0.5) is 14.5 Å². The molecule has 3 rings (SSSR count). The maximum atomic E-state index is 12.7. The van der Waals surface area contributed by atoms with E-state index < -0.39 is 6.61 Å². The number of guanidine groups is 1. The molecule has 2 heterocycles. The van der Waals surface area contributed by atoms with Crippen molar-refractivity contribution in [3.63, 3.8) is 0 Å². The van der Waals surface area contributed by atoms with Gasteiger partial charge in [0.1, 0.15) is 5.75 Å². The van der Waals surface area contributed by atoms with Crippen LogP contribution in [-0.2, 0) is 6.42 Å². The number of anilines is 1. The van der Waals surface area contributed by atoms with Crippen LogP contribution in [0.15, 0.2) is 33.8 Å². The highest BCUT2D eigenvalue weighted by Gasteiger charge is 2.26. The van der Waals surface area contributed by atoms with Crippen LogP contribution in [0, 0.1) is 0 Å². The van der Waals surface area contributed by atoms with Gasteiger partial charge in [-0.3, -0.25) is 4.99 Å². The van der Waals surface area contributed by atoms with E-state index in [9.17, 15) is 8.78 Å². The van der Waals surface area contributed by atoms with Gasteiger partial charge in [-0.15, -0.1) is 0 Å². The lowest BCUT2D eigenvalue weighted by atomic mass is 10.2. The maximum Gasteiger partial charge on any atom is 0.387 e. The quantitative estimate of drug-likeness (QED) is 0.355. The molecule has 10 heteroatoms. The minimum absolute atomic E-state index is 0.148. The molecule has 0 bridgehead atoms. The number of alkyl halides is 2. The van der Waals surface area contributed by atoms with Crippen molar-refractivity contribution in [2.24, 2.45) is 4.99 Å². The molecule has 8 nitrogen and oxygen atoms in total. The average molecular weight is 437 g/mol. The van der Waals surface area contributed by atoms with Crippen molar-refractivity contribution in [2.75, 3.05) is 31.6 Å². The molecule has 2 aromatic rings. The van der Waals surface area contributed by atoms with Crippen molar-refractivity contribution < 1.29 is 18.0 Å². The highest BCUT2D eigenvalue weighted by molar-refractivity contribution is 5.80. The Morgan fingerprint density at radius 2 is 2.16 bits per heavy atom. The van der Waals surface area contributed by atoms with Gasteiger partial charge in [0.2, 0.25) is 5.89 Å². The standard InChI is InChI=1S/C21H30F2N6O2/c1-14(2)19-27-18(31-28-19)9-6-11-25-21(24-3)26-15-10-12-29(13-15)16-7-4-5-8-17(16)30-20(22)23/h4-5,7-8,14-15,20H,6,9-13H2,1-3H3,(H2,24,25,26).